The number of nitrogens with zero attached hydrogens (tertiary/aromatic N) is 1. The number of carbonyl (C=O) groups excluding carboxylic acids is 2. The minimum absolute atomic E-state index is 0.346. The van der Waals surface area contributed by atoms with Gasteiger partial charge in [0.15, 0.2) is 0 Å². The van der Waals surface area contributed by atoms with Gasteiger partial charge in [-0.1, -0.05) is 19.2 Å². The lowest BCUT2D eigenvalue weighted by Gasteiger charge is -1.97. The fourth-order valence-corrected chi connectivity index (χ4v) is 0.565. The maximum atomic E-state index is 10.7. The Morgan fingerprint density at radius 1 is 1.35 bits per heavy atom. The fourth-order valence-electron chi connectivity index (χ4n) is 0.565. The predicted molar refractivity (Wildman–Crippen MR) is 62.7 cm³/mol. The Morgan fingerprint density at radius 2 is 1.94 bits per heavy atom. The van der Waals surface area contributed by atoms with Crippen LogP contribution in [-0.2, 0) is 19.1 Å². The van der Waals surface area contributed by atoms with Crippen molar-refractivity contribution < 1.29 is 19.1 Å². The van der Waals surface area contributed by atoms with Crippen molar-refractivity contribution in [3.63, 3.8) is 0 Å². The molecule has 0 spiro atoms. The van der Waals surface area contributed by atoms with E-state index in [0.29, 0.717) is 12.0 Å². The summed E-state index contributed by atoms with van der Waals surface area (Å²) >= 11 is 0. The van der Waals surface area contributed by atoms with E-state index in [-0.39, 0.29) is 0 Å². The van der Waals surface area contributed by atoms with Crippen molar-refractivity contribution in [1.82, 2.24) is 0 Å². The first kappa shape index (κ1) is 17.1. The Balaban J connectivity index is 0. The molecule has 0 saturated heterocycles. The molecule has 0 aromatic rings. The predicted octanol–water partition coefficient (Wildman–Crippen LogP) is 1.53. The molecule has 0 amide bonds. The summed E-state index contributed by atoms with van der Waals surface area (Å²) in [7, 11) is 2.60. The molecule has 17 heavy (non-hydrogen) atoms. The monoisotopic (exact) mass is 237 g/mol. The van der Waals surface area contributed by atoms with Crippen LogP contribution in [0.15, 0.2) is 37.0 Å². The first-order valence-electron chi connectivity index (χ1n) is 4.54. The third-order valence-electron chi connectivity index (χ3n) is 1.40. The summed E-state index contributed by atoms with van der Waals surface area (Å²) in [4.78, 5) is 20.5. The summed E-state index contributed by atoms with van der Waals surface area (Å²) < 4.78 is 8.53. The highest BCUT2D eigenvalue weighted by Gasteiger charge is 2.02. The Hall–Kier alpha value is -2.35. The maximum absolute atomic E-state index is 10.7. The van der Waals surface area contributed by atoms with Crippen LogP contribution in [0, 0.1) is 11.3 Å². The SMILES string of the molecule is C=C(CC=CC#N)C(=O)OC.C=CC(=O)OC. The highest BCUT2D eigenvalue weighted by Crippen LogP contribution is 2.00. The van der Waals surface area contributed by atoms with Crippen LogP contribution in [0.1, 0.15) is 6.42 Å². The number of methoxy groups -OCH3 is 2. The summed E-state index contributed by atoms with van der Waals surface area (Å²) in [6, 6.07) is 1.81. The van der Waals surface area contributed by atoms with Crippen molar-refractivity contribution in [3.8, 4) is 6.07 Å². The Morgan fingerprint density at radius 3 is 2.24 bits per heavy atom. The molecule has 0 saturated carbocycles. The second-order valence-electron chi connectivity index (χ2n) is 2.56. The molecule has 0 aliphatic rings. The van der Waals surface area contributed by atoms with E-state index in [4.69, 9.17) is 5.26 Å². The van der Waals surface area contributed by atoms with Gasteiger partial charge in [0.1, 0.15) is 0 Å². The highest BCUT2D eigenvalue weighted by atomic mass is 16.5. The minimum Gasteiger partial charge on any atom is -0.466 e. The molecule has 0 aromatic heterocycles. The Bertz CT molecular complexity index is 350. The largest absolute Gasteiger partial charge is 0.466 e. The number of allylic oxidation sites excluding steroid dienone is 2. The van der Waals surface area contributed by atoms with Gasteiger partial charge in [-0.2, -0.15) is 5.26 Å². The van der Waals surface area contributed by atoms with Gasteiger partial charge in [-0.25, -0.2) is 9.59 Å². The number of nitriles is 1. The highest BCUT2D eigenvalue weighted by molar-refractivity contribution is 5.87. The molecule has 92 valence electrons. The molecule has 0 bridgehead atoms. The van der Waals surface area contributed by atoms with Crippen molar-refractivity contribution in [2.75, 3.05) is 14.2 Å². The van der Waals surface area contributed by atoms with Gasteiger partial charge in [-0.3, -0.25) is 0 Å². The van der Waals surface area contributed by atoms with Gasteiger partial charge in [-0.15, -0.1) is 0 Å². The third-order valence-corrected chi connectivity index (χ3v) is 1.40. The lowest BCUT2D eigenvalue weighted by molar-refractivity contribution is -0.136. The summed E-state index contributed by atoms with van der Waals surface area (Å²) in [5, 5.41) is 8.09. The molecule has 0 aliphatic heterocycles. The molecule has 5 nitrogen and oxygen atoms in total. The number of ether oxygens (including phenoxy) is 2. The van der Waals surface area contributed by atoms with E-state index in [0.717, 1.165) is 6.08 Å². The molecule has 0 unspecified atom stereocenters. The van der Waals surface area contributed by atoms with Crippen LogP contribution in [0.25, 0.3) is 0 Å². The van der Waals surface area contributed by atoms with Gasteiger partial charge >= 0.3 is 11.9 Å². The average molecular weight is 237 g/mol. The van der Waals surface area contributed by atoms with E-state index < -0.39 is 11.9 Å². The van der Waals surface area contributed by atoms with Crippen LogP contribution in [0.4, 0.5) is 0 Å². The van der Waals surface area contributed by atoms with Gasteiger partial charge in [0.2, 0.25) is 0 Å². The summed E-state index contributed by atoms with van der Waals surface area (Å²) in [6.45, 7) is 6.62. The first-order chi connectivity index (χ1) is 8.03. The lowest BCUT2D eigenvalue weighted by atomic mass is 10.2. The molecule has 5 heteroatoms. The molecule has 0 heterocycles. The molecule has 0 N–H and O–H groups in total. The fraction of sp³-hybridized carbons (Fsp3) is 0.250. The molecule has 0 fully saturated rings. The summed E-state index contributed by atoms with van der Waals surface area (Å²) in [5.74, 6) is -0.831. The van der Waals surface area contributed by atoms with Gasteiger partial charge in [0, 0.05) is 17.7 Å². The zero-order valence-electron chi connectivity index (χ0n) is 9.93. The van der Waals surface area contributed by atoms with E-state index in [1.165, 1.54) is 20.3 Å². The minimum atomic E-state index is -0.437. The normalized spacial score (nSPS) is 8.29. The van der Waals surface area contributed by atoms with Crippen LogP contribution in [-0.4, -0.2) is 26.2 Å². The number of hydrogen-bond acceptors (Lipinski definition) is 5. The number of carbonyl (C=O) groups is 2. The first-order valence-corrected chi connectivity index (χ1v) is 4.54. The van der Waals surface area contributed by atoms with Crippen molar-refractivity contribution >= 4 is 11.9 Å². The van der Waals surface area contributed by atoms with E-state index >= 15 is 0 Å². The summed E-state index contributed by atoms with van der Waals surface area (Å²) in [5.41, 5.74) is 0.346. The van der Waals surface area contributed by atoms with Gasteiger partial charge in [0.05, 0.1) is 20.3 Å². The standard InChI is InChI=1S/C8H9NO2.C4H6O2/c1-7(8(10)11-2)5-3-4-6-9;1-3-4(5)6-2/h3-4H,1,5H2,2H3;3H,1H2,2H3. The van der Waals surface area contributed by atoms with Crippen LogP contribution in [0.5, 0.6) is 0 Å². The molecule has 0 radical (unpaired) electrons. The van der Waals surface area contributed by atoms with Gasteiger partial charge in [-0.05, 0) is 6.42 Å². The molecular weight excluding hydrogens is 222 g/mol. The molecule has 0 aromatic carbocycles. The smallest absolute Gasteiger partial charge is 0.333 e. The lowest BCUT2D eigenvalue weighted by Crippen LogP contribution is -2.02. The van der Waals surface area contributed by atoms with E-state index in [1.54, 1.807) is 12.1 Å². The molecule has 0 rings (SSSR count). The Labute approximate surface area is 101 Å². The number of rotatable bonds is 4. The maximum Gasteiger partial charge on any atom is 0.333 e. The van der Waals surface area contributed by atoms with E-state index in [2.05, 4.69) is 22.6 Å². The zero-order valence-corrected chi connectivity index (χ0v) is 9.93. The molecular formula is C12H15NO4. The average Bonchev–Trinajstić information content (AvgIpc) is 2.37. The van der Waals surface area contributed by atoms with Gasteiger partial charge < -0.3 is 9.47 Å². The summed E-state index contributed by atoms with van der Waals surface area (Å²) in [6.07, 6.45) is 4.33. The van der Waals surface area contributed by atoms with Crippen LogP contribution in [0.2, 0.25) is 0 Å². The van der Waals surface area contributed by atoms with Crippen LogP contribution < -0.4 is 0 Å². The molecule has 0 atom stereocenters. The van der Waals surface area contributed by atoms with Gasteiger partial charge in [0.25, 0.3) is 0 Å². The van der Waals surface area contributed by atoms with E-state index in [1.807, 2.05) is 0 Å². The van der Waals surface area contributed by atoms with Crippen molar-refractivity contribution in [2.24, 2.45) is 0 Å². The quantitative estimate of drug-likeness (QED) is 0.421. The van der Waals surface area contributed by atoms with Crippen molar-refractivity contribution in [3.05, 3.63) is 37.0 Å². The van der Waals surface area contributed by atoms with Crippen molar-refractivity contribution in [2.45, 2.75) is 6.42 Å². The third kappa shape index (κ3) is 11.6. The number of esters is 2. The second-order valence-corrected chi connectivity index (χ2v) is 2.56. The number of hydrogen-bond donors (Lipinski definition) is 0. The van der Waals surface area contributed by atoms with E-state index in [9.17, 15) is 9.59 Å². The Kier molecular flexibility index (Phi) is 11.8. The topological polar surface area (TPSA) is 76.4 Å². The van der Waals surface area contributed by atoms with Crippen molar-refractivity contribution in [1.29, 1.82) is 5.26 Å². The van der Waals surface area contributed by atoms with Crippen LogP contribution >= 0.6 is 0 Å². The molecule has 0 aliphatic carbocycles. The zero-order chi connectivity index (χ0) is 13.7. The van der Waals surface area contributed by atoms with Crippen LogP contribution in [0.3, 0.4) is 0 Å². The second kappa shape index (κ2) is 11.7.